The van der Waals surface area contributed by atoms with Crippen molar-refractivity contribution in [3.8, 4) is 0 Å². The predicted molar refractivity (Wildman–Crippen MR) is 91.1 cm³/mol. The van der Waals surface area contributed by atoms with E-state index in [1.165, 1.54) is 0 Å². The van der Waals surface area contributed by atoms with E-state index in [9.17, 15) is 4.79 Å². The second-order valence-electron chi connectivity index (χ2n) is 4.61. The van der Waals surface area contributed by atoms with Crippen molar-refractivity contribution in [3.05, 3.63) is 60.3 Å². The lowest BCUT2D eigenvalue weighted by Gasteiger charge is -2.15. The molecule has 6 heteroatoms. The van der Waals surface area contributed by atoms with Crippen molar-refractivity contribution < 1.29 is 4.79 Å². The summed E-state index contributed by atoms with van der Waals surface area (Å²) in [5.41, 5.74) is 2.62. The van der Waals surface area contributed by atoms with Gasteiger partial charge in [-0.15, -0.1) is 0 Å². The first-order valence-electron chi connectivity index (χ1n) is 6.43. The molecule has 0 bridgehead atoms. The molecule has 1 unspecified atom stereocenters. The number of benzene rings is 2. The summed E-state index contributed by atoms with van der Waals surface area (Å²) in [4.78, 5) is 12.4. The smallest absolute Gasteiger partial charge is 0.246 e. The highest BCUT2D eigenvalue weighted by molar-refractivity contribution is 14.1. The molecule has 21 heavy (non-hydrogen) atoms. The number of nitrogens with zero attached hydrogens (tertiary/aromatic N) is 1. The summed E-state index contributed by atoms with van der Waals surface area (Å²) in [6.45, 7) is 0. The highest BCUT2D eigenvalue weighted by Crippen LogP contribution is 2.20. The van der Waals surface area contributed by atoms with Crippen LogP contribution in [0, 0.1) is 0 Å². The number of hydrogen-bond donors (Lipinski definition) is 3. The minimum atomic E-state index is -0.396. The molecule has 106 valence electrons. The fraction of sp³-hybridized carbons (Fsp3) is 0.0667. The van der Waals surface area contributed by atoms with Gasteiger partial charge in [0.25, 0.3) is 0 Å². The molecule has 1 amide bonds. The number of H-pyrrole nitrogens is 1. The second-order valence-corrected chi connectivity index (χ2v) is 5.24. The number of aromatic amines is 1. The number of aromatic nitrogens is 2. The Balaban J connectivity index is 1.81. The molecular weight excluding hydrogens is 379 g/mol. The van der Waals surface area contributed by atoms with Crippen molar-refractivity contribution in [2.45, 2.75) is 6.04 Å². The number of anilines is 1. The van der Waals surface area contributed by atoms with Crippen LogP contribution < -0.4 is 8.85 Å². The average Bonchev–Trinajstić information content (AvgIpc) is 2.96. The van der Waals surface area contributed by atoms with E-state index in [2.05, 4.69) is 19.0 Å². The van der Waals surface area contributed by atoms with E-state index in [0.29, 0.717) is 0 Å². The van der Waals surface area contributed by atoms with Gasteiger partial charge in [0.05, 0.1) is 11.7 Å². The molecular formula is C15H13IN4O. The van der Waals surface area contributed by atoms with Crippen molar-refractivity contribution in [3.63, 3.8) is 0 Å². The molecule has 0 spiro atoms. The van der Waals surface area contributed by atoms with Gasteiger partial charge in [0, 0.05) is 33.9 Å². The molecule has 5 nitrogen and oxygen atoms in total. The van der Waals surface area contributed by atoms with Crippen molar-refractivity contribution >= 4 is 45.4 Å². The Morgan fingerprint density at radius 2 is 2.00 bits per heavy atom. The van der Waals surface area contributed by atoms with Crippen LogP contribution in [0.3, 0.4) is 0 Å². The van der Waals surface area contributed by atoms with Gasteiger partial charge in [-0.25, -0.2) is 3.53 Å². The van der Waals surface area contributed by atoms with Gasteiger partial charge in [0.1, 0.15) is 6.04 Å². The molecule has 1 heterocycles. The van der Waals surface area contributed by atoms with Crippen LogP contribution in [0.4, 0.5) is 5.69 Å². The molecule has 1 aromatic heterocycles. The van der Waals surface area contributed by atoms with Crippen molar-refractivity contribution in [2.75, 3.05) is 5.32 Å². The number of fused-ring (bicyclic) bond motifs is 1. The van der Waals surface area contributed by atoms with Gasteiger partial charge < -0.3 is 5.32 Å². The van der Waals surface area contributed by atoms with Crippen molar-refractivity contribution in [1.29, 1.82) is 0 Å². The lowest BCUT2D eigenvalue weighted by atomic mass is 10.1. The molecule has 0 fully saturated rings. The molecule has 0 aliphatic heterocycles. The molecule has 1 atom stereocenters. The van der Waals surface area contributed by atoms with E-state index in [4.69, 9.17) is 0 Å². The first-order chi connectivity index (χ1) is 10.3. The highest BCUT2D eigenvalue weighted by atomic mass is 127. The van der Waals surface area contributed by atoms with E-state index in [1.807, 2.05) is 71.4 Å². The molecule has 0 radical (unpaired) electrons. The van der Waals surface area contributed by atoms with Crippen LogP contribution in [0.5, 0.6) is 0 Å². The Morgan fingerprint density at radius 3 is 2.76 bits per heavy atom. The summed E-state index contributed by atoms with van der Waals surface area (Å²) < 4.78 is 3.01. The molecule has 3 N–H and O–H groups in total. The number of carbonyl (C=O) groups is 1. The fourth-order valence-corrected chi connectivity index (χ4v) is 2.79. The Morgan fingerprint density at radius 1 is 1.19 bits per heavy atom. The lowest BCUT2D eigenvalue weighted by molar-refractivity contribution is -0.117. The minimum absolute atomic E-state index is 0.0987. The SMILES string of the molecule is O=C(Nc1ccc2[nH]ncc2c1)C(NI)c1ccccc1. The number of hydrogen-bond acceptors (Lipinski definition) is 3. The molecule has 0 aliphatic rings. The molecule has 0 saturated heterocycles. The first kappa shape index (κ1) is 14.0. The maximum atomic E-state index is 12.4. The Hall–Kier alpha value is -1.93. The molecule has 0 saturated carbocycles. The standard InChI is InChI=1S/C15H13IN4O/c16-19-14(10-4-2-1-3-5-10)15(21)18-12-6-7-13-11(8-12)9-17-20-13/h1-9,14,19H,(H,17,20)(H,18,21). The van der Waals surface area contributed by atoms with E-state index >= 15 is 0 Å². The van der Waals surface area contributed by atoms with Crippen LogP contribution in [0.1, 0.15) is 11.6 Å². The Kier molecular flexibility index (Phi) is 4.16. The Labute approximate surface area is 135 Å². The third-order valence-corrected chi connectivity index (χ3v) is 3.83. The zero-order chi connectivity index (χ0) is 14.7. The van der Waals surface area contributed by atoms with Crippen molar-refractivity contribution in [1.82, 2.24) is 13.7 Å². The first-order valence-corrected chi connectivity index (χ1v) is 7.51. The predicted octanol–water partition coefficient (Wildman–Crippen LogP) is 3.18. The Bertz CT molecular complexity index is 756. The van der Waals surface area contributed by atoms with Gasteiger partial charge in [-0.2, -0.15) is 5.10 Å². The third-order valence-electron chi connectivity index (χ3n) is 3.21. The van der Waals surface area contributed by atoms with Crippen LogP contribution in [0.25, 0.3) is 10.9 Å². The molecule has 3 rings (SSSR count). The van der Waals surface area contributed by atoms with Crippen LogP contribution in [-0.2, 0) is 4.79 Å². The summed E-state index contributed by atoms with van der Waals surface area (Å²) in [6, 6.07) is 14.9. The van der Waals surface area contributed by atoms with Crippen LogP contribution in [0.15, 0.2) is 54.7 Å². The monoisotopic (exact) mass is 392 g/mol. The summed E-state index contributed by atoms with van der Waals surface area (Å²) in [7, 11) is 0. The van der Waals surface area contributed by atoms with Crippen LogP contribution >= 0.6 is 22.9 Å². The summed E-state index contributed by atoms with van der Waals surface area (Å²) in [5.74, 6) is -0.0987. The van der Waals surface area contributed by atoms with Gasteiger partial charge in [-0.05, 0) is 23.8 Å². The van der Waals surface area contributed by atoms with E-state index < -0.39 is 6.04 Å². The summed E-state index contributed by atoms with van der Waals surface area (Å²) >= 11 is 2.00. The zero-order valence-electron chi connectivity index (χ0n) is 11.0. The van der Waals surface area contributed by atoms with E-state index in [1.54, 1.807) is 6.20 Å². The topological polar surface area (TPSA) is 69.8 Å². The maximum Gasteiger partial charge on any atom is 0.246 e. The van der Waals surface area contributed by atoms with Gasteiger partial charge in [0.15, 0.2) is 0 Å². The van der Waals surface area contributed by atoms with Gasteiger partial charge in [-0.1, -0.05) is 30.3 Å². The quantitative estimate of drug-likeness (QED) is 0.472. The zero-order valence-corrected chi connectivity index (χ0v) is 13.2. The van der Waals surface area contributed by atoms with E-state index in [-0.39, 0.29) is 5.91 Å². The average molecular weight is 392 g/mol. The van der Waals surface area contributed by atoms with Gasteiger partial charge >= 0.3 is 0 Å². The van der Waals surface area contributed by atoms with Crippen molar-refractivity contribution in [2.24, 2.45) is 0 Å². The van der Waals surface area contributed by atoms with Crippen LogP contribution in [-0.4, -0.2) is 16.1 Å². The number of amides is 1. The summed E-state index contributed by atoms with van der Waals surface area (Å²) in [5, 5.41) is 10.7. The fourth-order valence-electron chi connectivity index (χ4n) is 2.14. The molecule has 0 aliphatic carbocycles. The normalized spacial score (nSPS) is 12.2. The minimum Gasteiger partial charge on any atom is -0.324 e. The van der Waals surface area contributed by atoms with Gasteiger partial charge in [0.2, 0.25) is 5.91 Å². The van der Waals surface area contributed by atoms with Crippen LogP contribution in [0.2, 0.25) is 0 Å². The number of rotatable bonds is 4. The number of carbonyl (C=O) groups excluding carboxylic acids is 1. The third kappa shape index (κ3) is 3.06. The van der Waals surface area contributed by atoms with Gasteiger partial charge in [-0.3, -0.25) is 9.89 Å². The number of nitrogens with one attached hydrogen (secondary N) is 3. The lowest BCUT2D eigenvalue weighted by Crippen LogP contribution is -2.27. The molecule has 2 aromatic carbocycles. The van der Waals surface area contributed by atoms with E-state index in [0.717, 1.165) is 22.2 Å². The number of halogens is 1. The highest BCUT2D eigenvalue weighted by Gasteiger charge is 2.19. The largest absolute Gasteiger partial charge is 0.324 e. The maximum absolute atomic E-state index is 12.4. The molecule has 3 aromatic rings. The second kappa shape index (κ2) is 6.23. The summed E-state index contributed by atoms with van der Waals surface area (Å²) in [6.07, 6.45) is 1.73.